The Morgan fingerprint density at radius 1 is 1.08 bits per heavy atom. The molecule has 1 aliphatic heterocycles. The average molecular weight is 325 g/mol. The van der Waals surface area contributed by atoms with Crippen LogP contribution in [0.5, 0.6) is 5.75 Å². The topological polar surface area (TPSA) is 47.6 Å². The second-order valence-electron chi connectivity index (χ2n) is 6.06. The van der Waals surface area contributed by atoms with Crippen LogP contribution in [0.3, 0.4) is 0 Å². The van der Waals surface area contributed by atoms with Crippen LogP contribution in [0.25, 0.3) is 0 Å². The first-order valence-electron chi connectivity index (χ1n) is 8.30. The summed E-state index contributed by atoms with van der Waals surface area (Å²) in [6.07, 6.45) is 1.41. The van der Waals surface area contributed by atoms with Gasteiger partial charge in [0, 0.05) is 25.3 Å². The van der Waals surface area contributed by atoms with E-state index >= 15 is 0 Å². The van der Waals surface area contributed by atoms with E-state index in [-0.39, 0.29) is 5.91 Å². The number of rotatable bonds is 5. The second-order valence-corrected chi connectivity index (χ2v) is 6.06. The SMILES string of the molecule is COc1ccccc1CNC(=O)C1(c2ccccc2)CCOCC1. The van der Waals surface area contributed by atoms with E-state index in [1.165, 1.54) is 0 Å². The van der Waals surface area contributed by atoms with Gasteiger partial charge in [0.05, 0.1) is 12.5 Å². The summed E-state index contributed by atoms with van der Waals surface area (Å²) in [6, 6.07) is 17.8. The second kappa shape index (κ2) is 7.49. The van der Waals surface area contributed by atoms with Gasteiger partial charge < -0.3 is 14.8 Å². The molecule has 0 aromatic heterocycles. The fourth-order valence-corrected chi connectivity index (χ4v) is 3.32. The van der Waals surface area contributed by atoms with Crippen LogP contribution in [0.4, 0.5) is 0 Å². The minimum Gasteiger partial charge on any atom is -0.496 e. The van der Waals surface area contributed by atoms with E-state index in [1.807, 2.05) is 54.6 Å². The van der Waals surface area contributed by atoms with Crippen molar-refractivity contribution in [3.8, 4) is 5.75 Å². The summed E-state index contributed by atoms with van der Waals surface area (Å²) in [5.74, 6) is 0.849. The van der Waals surface area contributed by atoms with Crippen LogP contribution in [0.2, 0.25) is 0 Å². The number of ether oxygens (including phenoxy) is 2. The first-order valence-corrected chi connectivity index (χ1v) is 8.30. The van der Waals surface area contributed by atoms with Gasteiger partial charge in [-0.25, -0.2) is 0 Å². The molecule has 1 N–H and O–H groups in total. The van der Waals surface area contributed by atoms with Gasteiger partial charge in [0.25, 0.3) is 0 Å². The van der Waals surface area contributed by atoms with Crippen molar-refractivity contribution in [1.82, 2.24) is 5.32 Å². The van der Waals surface area contributed by atoms with E-state index in [0.29, 0.717) is 32.6 Å². The van der Waals surface area contributed by atoms with Gasteiger partial charge in [0.15, 0.2) is 0 Å². The third-order valence-corrected chi connectivity index (χ3v) is 4.74. The van der Waals surface area contributed by atoms with Gasteiger partial charge in [-0.15, -0.1) is 0 Å². The molecule has 0 atom stereocenters. The van der Waals surface area contributed by atoms with E-state index in [1.54, 1.807) is 7.11 Å². The Hall–Kier alpha value is -2.33. The van der Waals surface area contributed by atoms with Crippen LogP contribution in [0.1, 0.15) is 24.0 Å². The fourth-order valence-electron chi connectivity index (χ4n) is 3.32. The molecule has 1 aliphatic rings. The molecule has 1 heterocycles. The van der Waals surface area contributed by atoms with Crippen LogP contribution in [0.15, 0.2) is 54.6 Å². The highest BCUT2D eigenvalue weighted by atomic mass is 16.5. The zero-order valence-corrected chi connectivity index (χ0v) is 14.0. The largest absolute Gasteiger partial charge is 0.496 e. The predicted octanol–water partition coefficient (Wildman–Crippen LogP) is 3.06. The van der Waals surface area contributed by atoms with Crippen molar-refractivity contribution in [2.24, 2.45) is 0 Å². The predicted molar refractivity (Wildman–Crippen MR) is 93.0 cm³/mol. The van der Waals surface area contributed by atoms with Gasteiger partial charge in [0.1, 0.15) is 5.75 Å². The molecule has 126 valence electrons. The first kappa shape index (κ1) is 16.5. The highest BCUT2D eigenvalue weighted by Crippen LogP contribution is 2.35. The molecule has 0 bridgehead atoms. The Labute approximate surface area is 142 Å². The lowest BCUT2D eigenvalue weighted by molar-refractivity contribution is -0.130. The van der Waals surface area contributed by atoms with E-state index in [2.05, 4.69) is 5.32 Å². The smallest absolute Gasteiger partial charge is 0.231 e. The summed E-state index contributed by atoms with van der Waals surface area (Å²) in [5, 5.41) is 3.11. The van der Waals surface area contributed by atoms with Crippen molar-refractivity contribution in [2.75, 3.05) is 20.3 Å². The van der Waals surface area contributed by atoms with Gasteiger partial charge >= 0.3 is 0 Å². The molecule has 0 unspecified atom stereocenters. The van der Waals surface area contributed by atoms with Crippen molar-refractivity contribution in [3.63, 3.8) is 0 Å². The van der Waals surface area contributed by atoms with Gasteiger partial charge in [-0.1, -0.05) is 48.5 Å². The third-order valence-electron chi connectivity index (χ3n) is 4.74. The highest BCUT2D eigenvalue weighted by Gasteiger charge is 2.41. The molecule has 1 fully saturated rings. The molecular weight excluding hydrogens is 302 g/mol. The van der Waals surface area contributed by atoms with Gasteiger partial charge in [-0.05, 0) is 24.5 Å². The summed E-state index contributed by atoms with van der Waals surface area (Å²) in [6.45, 7) is 1.67. The molecular formula is C20H23NO3. The van der Waals surface area contributed by atoms with E-state index < -0.39 is 5.41 Å². The first-order chi connectivity index (χ1) is 11.8. The fraction of sp³-hybridized carbons (Fsp3) is 0.350. The Bertz CT molecular complexity index is 678. The van der Waals surface area contributed by atoms with E-state index in [0.717, 1.165) is 16.9 Å². The van der Waals surface area contributed by atoms with Gasteiger partial charge in [-0.3, -0.25) is 4.79 Å². The van der Waals surface area contributed by atoms with Crippen LogP contribution in [0, 0.1) is 0 Å². The maximum Gasteiger partial charge on any atom is 0.231 e. The number of carbonyl (C=O) groups is 1. The number of hydrogen-bond acceptors (Lipinski definition) is 3. The number of nitrogens with one attached hydrogen (secondary N) is 1. The minimum absolute atomic E-state index is 0.0582. The van der Waals surface area contributed by atoms with Crippen LogP contribution >= 0.6 is 0 Å². The monoisotopic (exact) mass is 325 g/mol. The van der Waals surface area contributed by atoms with Crippen LogP contribution in [-0.2, 0) is 21.5 Å². The van der Waals surface area contributed by atoms with Crippen molar-refractivity contribution >= 4 is 5.91 Å². The van der Waals surface area contributed by atoms with Crippen molar-refractivity contribution in [3.05, 3.63) is 65.7 Å². The molecule has 3 rings (SSSR count). The molecule has 4 heteroatoms. The third kappa shape index (κ3) is 3.29. The summed E-state index contributed by atoms with van der Waals surface area (Å²) in [5.41, 5.74) is 1.52. The standard InChI is InChI=1S/C20H23NO3/c1-23-18-10-6-5-7-16(18)15-21-19(22)20(11-13-24-14-12-20)17-8-3-2-4-9-17/h2-10H,11-15H2,1H3,(H,21,22). The van der Waals surface area contributed by atoms with Crippen molar-refractivity contribution in [2.45, 2.75) is 24.8 Å². The lowest BCUT2D eigenvalue weighted by Crippen LogP contribution is -2.47. The Balaban J connectivity index is 1.80. The lowest BCUT2D eigenvalue weighted by atomic mass is 9.73. The maximum atomic E-state index is 13.1. The normalized spacial score (nSPS) is 16.4. The molecule has 2 aromatic carbocycles. The number of amides is 1. The van der Waals surface area contributed by atoms with E-state index in [9.17, 15) is 4.79 Å². The minimum atomic E-state index is -0.512. The van der Waals surface area contributed by atoms with Gasteiger partial charge in [-0.2, -0.15) is 0 Å². The number of carbonyl (C=O) groups excluding carboxylic acids is 1. The Kier molecular flexibility index (Phi) is 5.16. The molecule has 24 heavy (non-hydrogen) atoms. The number of hydrogen-bond donors (Lipinski definition) is 1. The van der Waals surface area contributed by atoms with Crippen LogP contribution < -0.4 is 10.1 Å². The van der Waals surface area contributed by atoms with Crippen molar-refractivity contribution in [1.29, 1.82) is 0 Å². The molecule has 2 aromatic rings. The zero-order valence-electron chi connectivity index (χ0n) is 14.0. The average Bonchev–Trinajstić information content (AvgIpc) is 2.67. The Morgan fingerprint density at radius 3 is 2.46 bits per heavy atom. The number of benzene rings is 2. The lowest BCUT2D eigenvalue weighted by Gasteiger charge is -2.36. The summed E-state index contributed by atoms with van der Waals surface area (Å²) >= 11 is 0. The zero-order chi connectivity index (χ0) is 16.8. The molecule has 4 nitrogen and oxygen atoms in total. The van der Waals surface area contributed by atoms with Gasteiger partial charge in [0.2, 0.25) is 5.91 Å². The molecule has 1 saturated heterocycles. The Morgan fingerprint density at radius 2 is 1.75 bits per heavy atom. The number of methoxy groups -OCH3 is 1. The van der Waals surface area contributed by atoms with Crippen molar-refractivity contribution < 1.29 is 14.3 Å². The molecule has 0 radical (unpaired) electrons. The van der Waals surface area contributed by atoms with E-state index in [4.69, 9.17) is 9.47 Å². The number of para-hydroxylation sites is 1. The maximum absolute atomic E-state index is 13.1. The summed E-state index contributed by atoms with van der Waals surface area (Å²) in [7, 11) is 1.64. The molecule has 0 saturated carbocycles. The summed E-state index contributed by atoms with van der Waals surface area (Å²) in [4.78, 5) is 13.1. The highest BCUT2D eigenvalue weighted by molar-refractivity contribution is 5.88. The quantitative estimate of drug-likeness (QED) is 0.919. The molecule has 0 aliphatic carbocycles. The molecule has 1 amide bonds. The molecule has 0 spiro atoms. The summed E-state index contributed by atoms with van der Waals surface area (Å²) < 4.78 is 10.9. The van der Waals surface area contributed by atoms with Crippen LogP contribution in [-0.4, -0.2) is 26.2 Å².